The van der Waals surface area contributed by atoms with Crippen LogP contribution < -0.4 is 0 Å². The minimum atomic E-state index is -2.53. The molecule has 0 saturated carbocycles. The molecule has 4 nitrogen and oxygen atoms in total. The number of pyridine rings is 1. The predicted octanol–water partition coefficient (Wildman–Crippen LogP) is 16.9. The lowest BCUT2D eigenvalue weighted by Gasteiger charge is -2.26. The number of para-hydroxylation sites is 1. The van der Waals surface area contributed by atoms with E-state index in [9.17, 15) is 9.22 Å². The summed E-state index contributed by atoms with van der Waals surface area (Å²) in [5.41, 5.74) is 17.1. The summed E-state index contributed by atoms with van der Waals surface area (Å²) >= 11 is 0. The number of phenols is 1. The van der Waals surface area contributed by atoms with Crippen molar-refractivity contribution in [2.24, 2.45) is 0 Å². The van der Waals surface area contributed by atoms with Crippen LogP contribution in [0.1, 0.15) is 99.8 Å². The molecular weight excluding hydrogens is 815 g/mol. The molecule has 0 bridgehead atoms. The van der Waals surface area contributed by atoms with E-state index >= 15 is 0 Å². The van der Waals surface area contributed by atoms with Crippen LogP contribution in [-0.2, 0) is 16.2 Å². The van der Waals surface area contributed by atoms with Gasteiger partial charge >= 0.3 is 0 Å². The Balaban J connectivity index is 1.29. The van der Waals surface area contributed by atoms with Crippen LogP contribution in [0.2, 0.25) is 0 Å². The van der Waals surface area contributed by atoms with Crippen molar-refractivity contribution in [1.82, 2.24) is 14.5 Å². The zero-order chi connectivity index (χ0) is 50.1. The quantitative estimate of drug-likeness (QED) is 0.173. The van der Waals surface area contributed by atoms with E-state index in [1.807, 2.05) is 85.3 Å². The number of fused-ring (bicyclic) bond motifs is 1. The molecule has 0 saturated heterocycles. The first-order valence-corrected chi connectivity index (χ1v) is 23.4. The first kappa shape index (κ1) is 41.4. The molecule has 0 radical (unpaired) electrons. The van der Waals surface area contributed by atoms with Gasteiger partial charge in [0.25, 0.3) is 0 Å². The van der Waals surface area contributed by atoms with Crippen molar-refractivity contribution in [2.45, 2.75) is 99.3 Å². The number of aryl methyl sites for hydroxylation is 3. The van der Waals surface area contributed by atoms with E-state index in [4.69, 9.17) is 9.97 Å². The Hall–Kier alpha value is -7.04. The van der Waals surface area contributed by atoms with Gasteiger partial charge in [-0.15, -0.1) is 0 Å². The summed E-state index contributed by atoms with van der Waals surface area (Å²) in [6.45, 7) is 21.3. The Labute approximate surface area is 402 Å². The molecule has 336 valence electrons. The first-order chi connectivity index (χ1) is 33.0. The van der Waals surface area contributed by atoms with Gasteiger partial charge in [-0.05, 0) is 158 Å². The van der Waals surface area contributed by atoms with Gasteiger partial charge in [0.2, 0.25) is 0 Å². The summed E-state index contributed by atoms with van der Waals surface area (Å²) in [4.78, 5) is 10.4. The van der Waals surface area contributed by atoms with Crippen LogP contribution in [0.25, 0.3) is 83.9 Å². The second kappa shape index (κ2) is 17.0. The highest BCUT2D eigenvalue weighted by Gasteiger charge is 2.26. The summed E-state index contributed by atoms with van der Waals surface area (Å²) < 4.78 is 29.5. The van der Waals surface area contributed by atoms with Crippen LogP contribution in [0.15, 0.2) is 158 Å². The molecule has 2 aromatic heterocycles. The molecule has 0 atom stereocenters. The number of benzene rings is 7. The molecule has 0 amide bonds. The van der Waals surface area contributed by atoms with E-state index in [1.165, 1.54) is 5.56 Å². The monoisotopic (exact) mass is 881 g/mol. The first-order valence-electron chi connectivity index (χ1n) is 24.9. The smallest absolute Gasteiger partial charge is 0.149 e. The minimum Gasteiger partial charge on any atom is -0.507 e. The third-order valence-electron chi connectivity index (χ3n) is 13.1. The van der Waals surface area contributed by atoms with Crippen molar-refractivity contribution >= 4 is 11.0 Å². The Morgan fingerprint density at radius 3 is 1.90 bits per heavy atom. The standard InChI is InChI=1S/C63H63N3O/c1-39-32-41(3)59(67)52(33-39)60-65-58-51(46-35-47(37-49(36-46)62(7,8)9)54-38-44(30-31-64-54)42-24-27-48(28-25-42)61(4,5)6)21-17-23-56(58)66(60)55-29-26-45(34-40(55)2)57-50(43-18-14-13-15-19-43)20-16-22-53(57)63(10,11)12/h13-38,67H,1-12H3/i2D3. The highest BCUT2D eigenvalue weighted by molar-refractivity contribution is 5.97. The second-order valence-corrected chi connectivity index (χ2v) is 21.3. The Morgan fingerprint density at radius 1 is 0.507 bits per heavy atom. The number of phenolic OH excluding ortho intramolecular Hbond substituents is 1. The van der Waals surface area contributed by atoms with Gasteiger partial charge in [0.05, 0.1) is 28.0 Å². The largest absolute Gasteiger partial charge is 0.507 e. The summed E-state index contributed by atoms with van der Waals surface area (Å²) in [6, 6.07) is 52.1. The fourth-order valence-electron chi connectivity index (χ4n) is 9.41. The molecular formula is C63H63N3O. The molecule has 0 aliphatic heterocycles. The fourth-order valence-corrected chi connectivity index (χ4v) is 9.41. The third kappa shape index (κ3) is 8.74. The summed E-state index contributed by atoms with van der Waals surface area (Å²) in [6.07, 6.45) is 1.88. The van der Waals surface area contributed by atoms with Gasteiger partial charge in [-0.25, -0.2) is 4.98 Å². The number of rotatable bonds is 7. The molecule has 4 heteroatoms. The van der Waals surface area contributed by atoms with Crippen LogP contribution >= 0.6 is 0 Å². The number of aromatic nitrogens is 3. The lowest BCUT2D eigenvalue weighted by atomic mass is 9.78. The minimum absolute atomic E-state index is 0.0545. The van der Waals surface area contributed by atoms with Crippen LogP contribution in [0.4, 0.5) is 0 Å². The molecule has 67 heavy (non-hydrogen) atoms. The van der Waals surface area contributed by atoms with Crippen LogP contribution in [-0.4, -0.2) is 19.6 Å². The maximum absolute atomic E-state index is 11.9. The Morgan fingerprint density at radius 2 is 1.19 bits per heavy atom. The molecule has 0 spiro atoms. The van der Waals surface area contributed by atoms with Crippen molar-refractivity contribution in [3.63, 3.8) is 0 Å². The van der Waals surface area contributed by atoms with Crippen molar-refractivity contribution in [1.29, 1.82) is 0 Å². The van der Waals surface area contributed by atoms with Crippen LogP contribution in [0.3, 0.4) is 0 Å². The fraction of sp³-hybridized carbons (Fsp3) is 0.238. The molecule has 1 N–H and O–H groups in total. The van der Waals surface area contributed by atoms with Crippen molar-refractivity contribution < 1.29 is 9.22 Å². The zero-order valence-corrected chi connectivity index (χ0v) is 40.8. The lowest BCUT2D eigenvalue weighted by Crippen LogP contribution is -2.13. The molecule has 0 unspecified atom stereocenters. The molecule has 9 rings (SSSR count). The number of aromatic hydroxyl groups is 1. The van der Waals surface area contributed by atoms with E-state index in [2.05, 4.69) is 153 Å². The molecule has 0 aliphatic rings. The van der Waals surface area contributed by atoms with E-state index in [-0.39, 0.29) is 27.6 Å². The van der Waals surface area contributed by atoms with E-state index in [0.717, 1.165) is 72.5 Å². The van der Waals surface area contributed by atoms with Gasteiger partial charge in [-0.2, -0.15) is 0 Å². The van der Waals surface area contributed by atoms with E-state index in [0.29, 0.717) is 33.7 Å². The number of nitrogens with zero attached hydrogens (tertiary/aromatic N) is 3. The maximum atomic E-state index is 11.9. The molecule has 0 aliphatic carbocycles. The molecule has 7 aromatic carbocycles. The average molecular weight is 881 g/mol. The topological polar surface area (TPSA) is 50.9 Å². The van der Waals surface area contributed by atoms with Gasteiger partial charge < -0.3 is 5.11 Å². The van der Waals surface area contributed by atoms with Gasteiger partial charge in [-0.1, -0.05) is 165 Å². The zero-order valence-electron chi connectivity index (χ0n) is 43.8. The van der Waals surface area contributed by atoms with Crippen LogP contribution in [0, 0.1) is 20.7 Å². The summed E-state index contributed by atoms with van der Waals surface area (Å²) in [5.74, 6) is 0.544. The van der Waals surface area contributed by atoms with Gasteiger partial charge in [0.1, 0.15) is 11.6 Å². The van der Waals surface area contributed by atoms with Crippen molar-refractivity contribution in [2.75, 3.05) is 0 Å². The highest BCUT2D eigenvalue weighted by atomic mass is 16.3. The van der Waals surface area contributed by atoms with Gasteiger partial charge in [0.15, 0.2) is 0 Å². The Kier molecular flexibility index (Phi) is 10.5. The van der Waals surface area contributed by atoms with E-state index in [1.54, 1.807) is 0 Å². The number of hydrogen-bond acceptors (Lipinski definition) is 3. The van der Waals surface area contributed by atoms with Crippen LogP contribution in [0.5, 0.6) is 5.75 Å². The molecule has 2 heterocycles. The SMILES string of the molecule is [2H]C([2H])([2H])c1cc(-c2c(-c3ccccc3)cccc2C(C)(C)C)ccc1-n1c(-c2cc(C)cc(C)c2O)nc2c(-c3cc(-c4cc(-c5ccc(C(C)(C)C)cc5)ccn4)cc(C(C)(C)C)c3)cccc21. The third-order valence-corrected chi connectivity index (χ3v) is 13.1. The molecule has 0 fully saturated rings. The van der Waals surface area contributed by atoms with Gasteiger partial charge in [-0.3, -0.25) is 9.55 Å². The second-order valence-electron chi connectivity index (χ2n) is 21.3. The van der Waals surface area contributed by atoms with Gasteiger partial charge in [0, 0.05) is 21.4 Å². The summed E-state index contributed by atoms with van der Waals surface area (Å²) in [7, 11) is 0. The lowest BCUT2D eigenvalue weighted by molar-refractivity contribution is 0.472. The van der Waals surface area contributed by atoms with Crippen molar-refractivity contribution in [3.8, 4) is 78.6 Å². The summed E-state index contributed by atoms with van der Waals surface area (Å²) in [5, 5.41) is 11.9. The maximum Gasteiger partial charge on any atom is 0.149 e. The number of hydrogen-bond donors (Lipinski definition) is 1. The highest BCUT2D eigenvalue weighted by Crippen LogP contribution is 2.44. The predicted molar refractivity (Wildman–Crippen MR) is 283 cm³/mol. The van der Waals surface area contributed by atoms with E-state index < -0.39 is 6.85 Å². The van der Waals surface area contributed by atoms with Crippen molar-refractivity contribution in [3.05, 3.63) is 191 Å². The normalized spacial score (nSPS) is 13.1. The average Bonchev–Trinajstić information content (AvgIpc) is 3.71. The Bertz CT molecular complexity index is 3430. The number of imidazole rings is 1. The molecule has 9 aromatic rings.